The topological polar surface area (TPSA) is 73.2 Å². The number of anilines is 1. The van der Waals surface area contributed by atoms with Gasteiger partial charge >= 0.3 is 5.97 Å². The van der Waals surface area contributed by atoms with Gasteiger partial charge in [0.1, 0.15) is 5.75 Å². The lowest BCUT2D eigenvalue weighted by Gasteiger charge is -2.07. The number of carbonyl (C=O) groups excluding carboxylic acids is 2. The Morgan fingerprint density at radius 3 is 2.88 bits per heavy atom. The third-order valence-corrected chi connectivity index (χ3v) is 3.96. The van der Waals surface area contributed by atoms with Gasteiger partial charge in [-0.25, -0.2) is 4.79 Å². The van der Waals surface area contributed by atoms with Gasteiger partial charge in [0.25, 0.3) is 5.91 Å². The number of nitrogens with zero attached hydrogens (tertiary/aromatic N) is 2. The second-order valence-electron chi connectivity index (χ2n) is 4.97. The van der Waals surface area contributed by atoms with Crippen LogP contribution in [0.1, 0.15) is 27.6 Å². The van der Waals surface area contributed by atoms with E-state index in [1.807, 2.05) is 12.3 Å². The van der Waals surface area contributed by atoms with Crippen LogP contribution in [-0.4, -0.2) is 21.7 Å². The Hall–Kier alpha value is -2.93. The Labute approximate surface area is 142 Å². The van der Waals surface area contributed by atoms with Gasteiger partial charge < -0.3 is 10.1 Å². The molecule has 0 aliphatic carbocycles. The highest BCUT2D eigenvalue weighted by Gasteiger charge is 2.12. The normalized spacial score (nSPS) is 10.4. The van der Waals surface area contributed by atoms with Crippen LogP contribution >= 0.6 is 11.3 Å². The average Bonchev–Trinajstić information content (AvgIpc) is 3.27. The fraction of sp³-hybridized carbons (Fsp3) is 0.118. The number of esters is 1. The summed E-state index contributed by atoms with van der Waals surface area (Å²) in [6, 6.07) is 8.45. The Balaban J connectivity index is 1.68. The van der Waals surface area contributed by atoms with E-state index in [0.29, 0.717) is 29.1 Å². The molecule has 3 aromatic rings. The zero-order valence-corrected chi connectivity index (χ0v) is 13.7. The summed E-state index contributed by atoms with van der Waals surface area (Å²) in [5.74, 6) is -0.340. The number of aryl methyl sites for hydroxylation is 1. The first-order valence-corrected chi connectivity index (χ1v) is 8.28. The van der Waals surface area contributed by atoms with Crippen LogP contribution in [0.2, 0.25) is 0 Å². The lowest BCUT2D eigenvalue weighted by Crippen LogP contribution is -2.11. The zero-order chi connectivity index (χ0) is 16.9. The summed E-state index contributed by atoms with van der Waals surface area (Å²) < 4.78 is 6.98. The molecule has 0 atom stereocenters. The van der Waals surface area contributed by atoms with E-state index < -0.39 is 5.97 Å². The minimum absolute atomic E-state index is 0.205. The minimum Gasteiger partial charge on any atom is -0.423 e. The highest BCUT2D eigenvalue weighted by Crippen LogP contribution is 2.19. The molecule has 1 N–H and O–H groups in total. The van der Waals surface area contributed by atoms with E-state index in [4.69, 9.17) is 4.74 Å². The van der Waals surface area contributed by atoms with Crippen LogP contribution in [0.15, 0.2) is 53.5 Å². The highest BCUT2D eigenvalue weighted by atomic mass is 32.1. The maximum absolute atomic E-state index is 12.1. The van der Waals surface area contributed by atoms with Crippen molar-refractivity contribution in [1.29, 1.82) is 0 Å². The van der Waals surface area contributed by atoms with Crippen LogP contribution in [-0.2, 0) is 6.54 Å². The molecule has 6 nitrogen and oxygen atoms in total. The van der Waals surface area contributed by atoms with Gasteiger partial charge in [-0.05, 0) is 30.5 Å². The van der Waals surface area contributed by atoms with Crippen molar-refractivity contribution in [3.05, 3.63) is 64.6 Å². The fourth-order valence-corrected chi connectivity index (χ4v) is 2.68. The maximum atomic E-state index is 12.1. The number of hydrogen-bond acceptors (Lipinski definition) is 5. The Kier molecular flexibility index (Phi) is 4.72. The number of ether oxygens (including phenoxy) is 1. The van der Waals surface area contributed by atoms with E-state index in [1.165, 1.54) is 17.5 Å². The number of hydrogen-bond donors (Lipinski definition) is 1. The molecule has 24 heavy (non-hydrogen) atoms. The molecule has 7 heteroatoms. The first-order chi connectivity index (χ1) is 11.7. The molecule has 0 unspecified atom stereocenters. The number of amides is 1. The summed E-state index contributed by atoms with van der Waals surface area (Å²) in [4.78, 5) is 24.1. The van der Waals surface area contributed by atoms with Gasteiger partial charge in [-0.2, -0.15) is 16.4 Å². The molecule has 0 saturated carbocycles. The molecule has 3 rings (SSSR count). The summed E-state index contributed by atoms with van der Waals surface area (Å²) in [5, 5.41) is 10.4. The largest absolute Gasteiger partial charge is 0.423 e. The molecule has 0 fully saturated rings. The molecule has 2 heterocycles. The SMILES string of the molecule is CCn1cc(C(=O)Oc2cccc(NC(=O)c3ccsc3)c2)cn1. The molecule has 122 valence electrons. The van der Waals surface area contributed by atoms with Crippen molar-refractivity contribution < 1.29 is 14.3 Å². The monoisotopic (exact) mass is 341 g/mol. The van der Waals surface area contributed by atoms with Gasteiger partial charge in [0.2, 0.25) is 0 Å². The standard InChI is InChI=1S/C17H15N3O3S/c1-2-20-10-13(9-18-20)17(22)23-15-5-3-4-14(8-15)19-16(21)12-6-7-24-11-12/h3-11H,2H2,1H3,(H,19,21). The fourth-order valence-electron chi connectivity index (χ4n) is 2.04. The van der Waals surface area contributed by atoms with Crippen molar-refractivity contribution in [2.24, 2.45) is 0 Å². The van der Waals surface area contributed by atoms with Crippen LogP contribution in [0.4, 0.5) is 5.69 Å². The smallest absolute Gasteiger partial charge is 0.346 e. The second-order valence-corrected chi connectivity index (χ2v) is 5.75. The molecule has 2 aromatic heterocycles. The molecule has 0 spiro atoms. The average molecular weight is 341 g/mol. The lowest BCUT2D eigenvalue weighted by atomic mass is 10.2. The van der Waals surface area contributed by atoms with Crippen LogP contribution < -0.4 is 10.1 Å². The minimum atomic E-state index is -0.490. The van der Waals surface area contributed by atoms with Gasteiger partial charge in [-0.15, -0.1) is 0 Å². The van der Waals surface area contributed by atoms with Crippen molar-refractivity contribution in [3.8, 4) is 5.75 Å². The van der Waals surface area contributed by atoms with Gasteiger partial charge in [-0.3, -0.25) is 9.48 Å². The van der Waals surface area contributed by atoms with E-state index in [2.05, 4.69) is 10.4 Å². The predicted molar refractivity (Wildman–Crippen MR) is 91.6 cm³/mol. The molecule has 0 radical (unpaired) electrons. The lowest BCUT2D eigenvalue weighted by molar-refractivity contribution is 0.0734. The second kappa shape index (κ2) is 7.10. The van der Waals surface area contributed by atoms with Crippen molar-refractivity contribution in [2.75, 3.05) is 5.32 Å². The van der Waals surface area contributed by atoms with Gasteiger partial charge in [0, 0.05) is 29.9 Å². The van der Waals surface area contributed by atoms with Gasteiger partial charge in [0.15, 0.2) is 0 Å². The molecule has 0 aliphatic heterocycles. The van der Waals surface area contributed by atoms with Crippen molar-refractivity contribution in [1.82, 2.24) is 9.78 Å². The van der Waals surface area contributed by atoms with Crippen LogP contribution in [0, 0.1) is 0 Å². The Morgan fingerprint density at radius 2 is 2.17 bits per heavy atom. The van der Waals surface area contributed by atoms with Crippen LogP contribution in [0.3, 0.4) is 0 Å². The molecular formula is C17H15N3O3S. The van der Waals surface area contributed by atoms with E-state index in [1.54, 1.807) is 46.6 Å². The number of aromatic nitrogens is 2. The molecule has 0 aliphatic rings. The van der Waals surface area contributed by atoms with E-state index in [-0.39, 0.29) is 5.91 Å². The molecule has 0 bridgehead atoms. The Bertz CT molecular complexity index is 856. The quantitative estimate of drug-likeness (QED) is 0.570. The molecule has 1 aromatic carbocycles. The van der Waals surface area contributed by atoms with Gasteiger partial charge in [0.05, 0.1) is 17.3 Å². The number of carbonyl (C=O) groups is 2. The van der Waals surface area contributed by atoms with E-state index in [0.717, 1.165) is 0 Å². The number of rotatable bonds is 5. The summed E-state index contributed by atoms with van der Waals surface area (Å²) in [6.07, 6.45) is 3.10. The summed E-state index contributed by atoms with van der Waals surface area (Å²) in [5.41, 5.74) is 1.53. The number of nitrogens with one attached hydrogen (secondary N) is 1. The first-order valence-electron chi connectivity index (χ1n) is 7.34. The summed E-state index contributed by atoms with van der Waals surface area (Å²) in [6.45, 7) is 2.61. The maximum Gasteiger partial charge on any atom is 0.346 e. The molecule has 0 saturated heterocycles. The molecular weight excluding hydrogens is 326 g/mol. The summed E-state index contributed by atoms with van der Waals surface area (Å²) in [7, 11) is 0. The third kappa shape index (κ3) is 3.69. The van der Waals surface area contributed by atoms with Crippen LogP contribution in [0.5, 0.6) is 5.75 Å². The van der Waals surface area contributed by atoms with Crippen LogP contribution in [0.25, 0.3) is 0 Å². The van der Waals surface area contributed by atoms with E-state index in [9.17, 15) is 9.59 Å². The predicted octanol–water partition coefficient (Wildman–Crippen LogP) is 3.44. The summed E-state index contributed by atoms with van der Waals surface area (Å²) >= 11 is 1.45. The number of thiophene rings is 1. The highest BCUT2D eigenvalue weighted by molar-refractivity contribution is 7.08. The van der Waals surface area contributed by atoms with Gasteiger partial charge in [-0.1, -0.05) is 6.07 Å². The Morgan fingerprint density at radius 1 is 1.29 bits per heavy atom. The van der Waals surface area contributed by atoms with Crippen molar-refractivity contribution >= 4 is 28.9 Å². The first kappa shape index (κ1) is 15.9. The third-order valence-electron chi connectivity index (χ3n) is 3.28. The zero-order valence-electron chi connectivity index (χ0n) is 12.9. The van der Waals surface area contributed by atoms with E-state index >= 15 is 0 Å². The molecule has 1 amide bonds. The van der Waals surface area contributed by atoms with Crippen molar-refractivity contribution in [3.63, 3.8) is 0 Å². The van der Waals surface area contributed by atoms with Crippen molar-refractivity contribution in [2.45, 2.75) is 13.5 Å². The number of benzene rings is 1.